The fourth-order valence-electron chi connectivity index (χ4n) is 2.05. The average molecular weight is 309 g/mol. The number of aromatic nitrogens is 1. The number of thiophene rings is 1. The molecule has 2 heterocycles. The summed E-state index contributed by atoms with van der Waals surface area (Å²) in [7, 11) is -3.52. The van der Waals surface area contributed by atoms with Gasteiger partial charge in [0.05, 0.1) is 4.90 Å². The summed E-state index contributed by atoms with van der Waals surface area (Å²) >= 11 is 1.57. The van der Waals surface area contributed by atoms with Gasteiger partial charge >= 0.3 is 0 Å². The fraction of sp³-hybridized carbons (Fsp3) is 0.308. The molecule has 1 aliphatic carbocycles. The minimum absolute atomic E-state index is 0.108. The molecule has 0 spiro atoms. The number of sulfonamides is 1. The Labute approximate surface area is 122 Å². The Kier molecular flexibility index (Phi) is 3.49. The number of hydrogen-bond donors (Lipinski definition) is 1. The third kappa shape index (κ3) is 2.70. The molecule has 0 radical (unpaired) electrons. The van der Waals surface area contributed by atoms with E-state index in [4.69, 9.17) is 5.73 Å². The molecule has 2 aromatic heterocycles. The van der Waals surface area contributed by atoms with Crippen molar-refractivity contribution < 1.29 is 8.42 Å². The number of pyridine rings is 1. The summed E-state index contributed by atoms with van der Waals surface area (Å²) in [4.78, 5) is 5.11. The second-order valence-electron chi connectivity index (χ2n) is 4.78. The molecule has 0 atom stereocenters. The summed E-state index contributed by atoms with van der Waals surface area (Å²) in [5.74, 6) is 0.220. The topological polar surface area (TPSA) is 76.3 Å². The number of nitrogens with zero attached hydrogens (tertiary/aromatic N) is 2. The lowest BCUT2D eigenvalue weighted by Crippen LogP contribution is -2.32. The van der Waals surface area contributed by atoms with E-state index in [-0.39, 0.29) is 16.8 Å². The molecule has 20 heavy (non-hydrogen) atoms. The Morgan fingerprint density at radius 3 is 2.80 bits per heavy atom. The second-order valence-corrected chi connectivity index (χ2v) is 7.70. The molecule has 1 saturated carbocycles. The van der Waals surface area contributed by atoms with Gasteiger partial charge < -0.3 is 5.73 Å². The van der Waals surface area contributed by atoms with Crippen molar-refractivity contribution in [3.05, 3.63) is 40.7 Å². The van der Waals surface area contributed by atoms with Crippen molar-refractivity contribution in [1.29, 1.82) is 0 Å². The van der Waals surface area contributed by atoms with Gasteiger partial charge in [0.15, 0.2) is 0 Å². The minimum Gasteiger partial charge on any atom is -0.384 e. The van der Waals surface area contributed by atoms with Gasteiger partial charge in [-0.1, -0.05) is 6.07 Å². The van der Waals surface area contributed by atoms with Crippen molar-refractivity contribution >= 4 is 27.2 Å². The molecule has 7 heteroatoms. The fourth-order valence-corrected chi connectivity index (χ4v) is 4.52. The number of anilines is 1. The standard InChI is InChI=1S/C13H15N3O2S2/c14-13-8-12(5-6-15-13)20(17,18)16(10-3-4-10)9-11-2-1-7-19-11/h1-2,5-8,10H,3-4,9H2,(H2,14,15). The largest absolute Gasteiger partial charge is 0.384 e. The molecule has 106 valence electrons. The highest BCUT2D eigenvalue weighted by Gasteiger charge is 2.38. The maximum Gasteiger partial charge on any atom is 0.243 e. The first-order valence-electron chi connectivity index (χ1n) is 6.33. The molecule has 3 rings (SSSR count). The van der Waals surface area contributed by atoms with E-state index in [1.165, 1.54) is 18.3 Å². The quantitative estimate of drug-likeness (QED) is 0.917. The molecule has 0 amide bonds. The van der Waals surface area contributed by atoms with Crippen LogP contribution in [0, 0.1) is 0 Å². The highest BCUT2D eigenvalue weighted by Crippen LogP contribution is 2.34. The van der Waals surface area contributed by atoms with Gasteiger partial charge in [-0.15, -0.1) is 11.3 Å². The molecule has 2 aromatic rings. The molecular weight excluding hydrogens is 294 g/mol. The monoisotopic (exact) mass is 309 g/mol. The number of hydrogen-bond acceptors (Lipinski definition) is 5. The van der Waals surface area contributed by atoms with E-state index >= 15 is 0 Å². The first kappa shape index (κ1) is 13.5. The van der Waals surface area contributed by atoms with Gasteiger partial charge in [-0.05, 0) is 30.4 Å². The van der Waals surface area contributed by atoms with Gasteiger partial charge in [0.25, 0.3) is 0 Å². The molecule has 0 aliphatic heterocycles. The molecule has 2 N–H and O–H groups in total. The van der Waals surface area contributed by atoms with Crippen LogP contribution in [-0.2, 0) is 16.6 Å². The van der Waals surface area contributed by atoms with Gasteiger partial charge in [-0.3, -0.25) is 0 Å². The number of nitrogens with two attached hydrogens (primary N) is 1. The third-order valence-electron chi connectivity index (χ3n) is 3.21. The summed E-state index contributed by atoms with van der Waals surface area (Å²) < 4.78 is 27.1. The smallest absolute Gasteiger partial charge is 0.243 e. The summed E-state index contributed by atoms with van der Waals surface area (Å²) in [6.45, 7) is 0.424. The van der Waals surface area contributed by atoms with E-state index < -0.39 is 10.0 Å². The first-order valence-corrected chi connectivity index (χ1v) is 8.65. The van der Waals surface area contributed by atoms with Gasteiger partial charge in [0, 0.05) is 29.7 Å². The predicted octanol–water partition coefficient (Wildman–Crippen LogP) is 2.08. The van der Waals surface area contributed by atoms with Crippen LogP contribution in [0.2, 0.25) is 0 Å². The summed E-state index contributed by atoms with van der Waals surface area (Å²) in [6.07, 6.45) is 3.27. The zero-order valence-electron chi connectivity index (χ0n) is 10.8. The van der Waals surface area contributed by atoms with E-state index in [2.05, 4.69) is 4.98 Å². The molecule has 5 nitrogen and oxygen atoms in total. The molecule has 1 fully saturated rings. The Hall–Kier alpha value is -1.44. The number of rotatable bonds is 5. The van der Waals surface area contributed by atoms with Gasteiger partial charge in [0.2, 0.25) is 10.0 Å². The van der Waals surface area contributed by atoms with Crippen LogP contribution in [0.3, 0.4) is 0 Å². The molecular formula is C13H15N3O2S2. The zero-order chi connectivity index (χ0) is 14.2. The highest BCUT2D eigenvalue weighted by molar-refractivity contribution is 7.89. The van der Waals surface area contributed by atoms with Crippen LogP contribution in [0.25, 0.3) is 0 Å². The van der Waals surface area contributed by atoms with Crippen molar-refractivity contribution in [2.75, 3.05) is 5.73 Å². The zero-order valence-corrected chi connectivity index (χ0v) is 12.4. The van der Waals surface area contributed by atoms with Crippen molar-refractivity contribution in [3.8, 4) is 0 Å². The van der Waals surface area contributed by atoms with E-state index in [0.717, 1.165) is 17.7 Å². The molecule has 1 aliphatic rings. The van der Waals surface area contributed by atoms with E-state index in [1.54, 1.807) is 15.6 Å². The summed E-state index contributed by atoms with van der Waals surface area (Å²) in [5.41, 5.74) is 5.59. The first-order chi connectivity index (χ1) is 9.57. The van der Waals surface area contributed by atoms with Gasteiger partial charge in [0.1, 0.15) is 5.82 Å². The lowest BCUT2D eigenvalue weighted by Gasteiger charge is -2.21. The van der Waals surface area contributed by atoms with Crippen molar-refractivity contribution in [2.45, 2.75) is 30.3 Å². The van der Waals surface area contributed by atoms with Crippen molar-refractivity contribution in [1.82, 2.24) is 9.29 Å². The number of nitrogen functional groups attached to an aromatic ring is 1. The Morgan fingerprint density at radius 1 is 1.40 bits per heavy atom. The Bertz CT molecular complexity index is 694. The molecule has 0 aromatic carbocycles. The van der Waals surface area contributed by atoms with Gasteiger partial charge in [-0.25, -0.2) is 13.4 Å². The highest BCUT2D eigenvalue weighted by atomic mass is 32.2. The van der Waals surface area contributed by atoms with E-state index in [0.29, 0.717) is 6.54 Å². The maximum absolute atomic E-state index is 12.7. The Morgan fingerprint density at radius 2 is 2.20 bits per heavy atom. The second kappa shape index (κ2) is 5.16. The van der Waals surface area contributed by atoms with Crippen LogP contribution in [-0.4, -0.2) is 23.7 Å². The average Bonchev–Trinajstić information content (AvgIpc) is 3.12. The van der Waals surface area contributed by atoms with Crippen molar-refractivity contribution in [3.63, 3.8) is 0 Å². The Balaban J connectivity index is 1.94. The van der Waals surface area contributed by atoms with Crippen LogP contribution in [0.4, 0.5) is 5.82 Å². The van der Waals surface area contributed by atoms with Crippen LogP contribution in [0.15, 0.2) is 40.7 Å². The molecule has 0 saturated heterocycles. The van der Waals surface area contributed by atoms with Crippen LogP contribution in [0.1, 0.15) is 17.7 Å². The summed E-state index contributed by atoms with van der Waals surface area (Å²) in [5, 5.41) is 1.96. The third-order valence-corrected chi connectivity index (χ3v) is 5.96. The molecule has 0 bridgehead atoms. The lowest BCUT2D eigenvalue weighted by molar-refractivity contribution is 0.401. The maximum atomic E-state index is 12.7. The van der Waals surface area contributed by atoms with Crippen LogP contribution in [0.5, 0.6) is 0 Å². The van der Waals surface area contributed by atoms with Crippen molar-refractivity contribution in [2.24, 2.45) is 0 Å². The van der Waals surface area contributed by atoms with Crippen LogP contribution >= 0.6 is 11.3 Å². The lowest BCUT2D eigenvalue weighted by atomic mass is 10.4. The van der Waals surface area contributed by atoms with Gasteiger partial charge in [-0.2, -0.15) is 4.31 Å². The van der Waals surface area contributed by atoms with Crippen LogP contribution < -0.4 is 5.73 Å². The molecule has 0 unspecified atom stereocenters. The van der Waals surface area contributed by atoms with E-state index in [1.807, 2.05) is 17.5 Å². The minimum atomic E-state index is -3.52. The SMILES string of the molecule is Nc1cc(S(=O)(=O)N(Cc2cccs2)C2CC2)ccn1. The predicted molar refractivity (Wildman–Crippen MR) is 78.7 cm³/mol. The van der Waals surface area contributed by atoms with E-state index in [9.17, 15) is 8.42 Å². The summed E-state index contributed by atoms with van der Waals surface area (Å²) in [6, 6.07) is 6.91. The normalized spacial score (nSPS) is 15.7.